The molecule has 2 amide bonds. The average Bonchev–Trinajstić information content (AvgIpc) is 3.69. The molecule has 6 rings (SSSR count). The number of benzene rings is 2. The minimum Gasteiger partial charge on any atom is -0.478 e. The first-order valence-corrected chi connectivity index (χ1v) is 15.3. The fourth-order valence-electron chi connectivity index (χ4n) is 5.94. The SMILES string of the molecule is C#Cc1cc(F)ccc1C1N=C(c2nccs2)NC(CN2CCN3C(=O)N(c4ccc(C(=O)O)c(F)c4)C[C@@H]3C2)=C1C(=O)OCC. The molecule has 2 fully saturated rings. The summed E-state index contributed by atoms with van der Waals surface area (Å²) in [6.45, 7) is 3.58. The number of fused-ring (bicyclic) bond motifs is 1. The third-order valence-corrected chi connectivity index (χ3v) is 8.81. The third-order valence-electron chi connectivity index (χ3n) is 8.03. The van der Waals surface area contributed by atoms with Crippen molar-refractivity contribution in [3.05, 3.63) is 92.6 Å². The zero-order valence-electron chi connectivity index (χ0n) is 24.6. The van der Waals surface area contributed by atoms with E-state index in [1.54, 1.807) is 23.4 Å². The maximum absolute atomic E-state index is 14.5. The predicted molar refractivity (Wildman–Crippen MR) is 166 cm³/mol. The van der Waals surface area contributed by atoms with Crippen molar-refractivity contribution in [3.63, 3.8) is 0 Å². The van der Waals surface area contributed by atoms with Crippen LogP contribution >= 0.6 is 11.3 Å². The van der Waals surface area contributed by atoms with Gasteiger partial charge < -0.3 is 20.1 Å². The number of ether oxygens (including phenoxy) is 1. The van der Waals surface area contributed by atoms with Crippen LogP contribution in [-0.4, -0.2) is 89.1 Å². The Morgan fingerprint density at radius 3 is 2.72 bits per heavy atom. The molecule has 0 saturated carbocycles. The number of aromatic carboxylic acids is 1. The van der Waals surface area contributed by atoms with E-state index in [1.165, 1.54) is 40.5 Å². The normalized spacial score (nSPS) is 19.8. The number of carbonyl (C=O) groups is 3. The van der Waals surface area contributed by atoms with Crippen LogP contribution in [0, 0.1) is 24.0 Å². The maximum atomic E-state index is 14.5. The summed E-state index contributed by atoms with van der Waals surface area (Å²) in [6, 6.07) is 6.16. The van der Waals surface area contributed by atoms with Crippen molar-refractivity contribution >= 4 is 40.8 Å². The number of amides is 2. The number of carboxylic acids is 1. The number of carbonyl (C=O) groups excluding carboxylic acids is 2. The van der Waals surface area contributed by atoms with Crippen LogP contribution in [0.1, 0.15) is 39.5 Å². The lowest BCUT2D eigenvalue weighted by molar-refractivity contribution is -0.139. The van der Waals surface area contributed by atoms with E-state index in [4.69, 9.17) is 16.2 Å². The molecule has 11 nitrogen and oxygen atoms in total. The molecule has 3 aliphatic heterocycles. The number of urea groups is 1. The first kappa shape index (κ1) is 30.9. The number of hydrogen-bond donors (Lipinski definition) is 2. The highest BCUT2D eigenvalue weighted by Crippen LogP contribution is 2.36. The molecule has 1 unspecified atom stereocenters. The van der Waals surface area contributed by atoms with Crippen molar-refractivity contribution in [2.75, 3.05) is 44.2 Å². The van der Waals surface area contributed by atoms with Crippen LogP contribution in [0.25, 0.3) is 0 Å². The Balaban J connectivity index is 1.31. The van der Waals surface area contributed by atoms with Gasteiger partial charge in [0.1, 0.15) is 17.7 Å². The lowest BCUT2D eigenvalue weighted by atomic mass is 9.92. The van der Waals surface area contributed by atoms with Crippen LogP contribution in [0.4, 0.5) is 19.3 Å². The number of esters is 1. The fourth-order valence-corrected chi connectivity index (χ4v) is 6.52. The number of rotatable bonds is 8. The summed E-state index contributed by atoms with van der Waals surface area (Å²) in [4.78, 5) is 52.5. The van der Waals surface area contributed by atoms with E-state index in [1.807, 2.05) is 0 Å². The molecule has 4 heterocycles. The Kier molecular flexibility index (Phi) is 8.53. The molecule has 2 saturated heterocycles. The molecule has 46 heavy (non-hydrogen) atoms. The number of hydrogen-bond acceptors (Lipinski definition) is 9. The van der Waals surface area contributed by atoms with Crippen molar-refractivity contribution in [2.24, 2.45) is 4.99 Å². The number of nitrogens with one attached hydrogen (secondary N) is 1. The standard InChI is InChI=1S/C32H28F2N6O5S/c1-3-18-13-19(33)5-7-22(18)27-26(31(43)45-4-2)25(36-28(37-27)29-35-9-12-46-29)17-38-10-11-39-21(15-38)16-40(32(39)44)20-6-8-23(30(41)42)24(34)14-20/h1,5-9,12-14,21,27H,4,10-11,15-17H2,2H3,(H,36,37)(H,41,42)/t21-,27?/m0/s1. The predicted octanol–water partition coefficient (Wildman–Crippen LogP) is 3.64. The molecule has 236 valence electrons. The van der Waals surface area contributed by atoms with Gasteiger partial charge in [0.15, 0.2) is 10.8 Å². The lowest BCUT2D eigenvalue weighted by Crippen LogP contribution is -2.53. The van der Waals surface area contributed by atoms with E-state index in [0.29, 0.717) is 41.7 Å². The minimum atomic E-state index is -1.39. The highest BCUT2D eigenvalue weighted by atomic mass is 32.1. The number of nitrogens with zero attached hydrogens (tertiary/aromatic N) is 5. The van der Waals surface area contributed by atoms with Gasteiger partial charge in [-0.2, -0.15) is 0 Å². The number of halogens is 2. The van der Waals surface area contributed by atoms with E-state index < -0.39 is 35.2 Å². The van der Waals surface area contributed by atoms with Gasteiger partial charge in [-0.1, -0.05) is 12.0 Å². The molecule has 0 aliphatic carbocycles. The van der Waals surface area contributed by atoms with Crippen molar-refractivity contribution in [1.82, 2.24) is 20.1 Å². The van der Waals surface area contributed by atoms with Crippen LogP contribution in [0.2, 0.25) is 0 Å². The maximum Gasteiger partial charge on any atom is 0.338 e. The smallest absolute Gasteiger partial charge is 0.338 e. The van der Waals surface area contributed by atoms with Gasteiger partial charge in [0.2, 0.25) is 0 Å². The minimum absolute atomic E-state index is 0.115. The van der Waals surface area contributed by atoms with E-state index >= 15 is 0 Å². The molecule has 0 bridgehead atoms. The number of amidine groups is 1. The Morgan fingerprint density at radius 1 is 1.20 bits per heavy atom. The second-order valence-corrected chi connectivity index (χ2v) is 11.7. The van der Waals surface area contributed by atoms with Gasteiger partial charge in [-0.3, -0.25) is 14.8 Å². The molecule has 2 aromatic carbocycles. The van der Waals surface area contributed by atoms with Gasteiger partial charge in [-0.05, 0) is 42.8 Å². The molecular weight excluding hydrogens is 618 g/mol. The number of terminal acetylenes is 1. The molecule has 0 spiro atoms. The van der Waals surface area contributed by atoms with Crippen molar-refractivity contribution in [3.8, 4) is 12.3 Å². The van der Waals surface area contributed by atoms with Crippen LogP contribution in [0.3, 0.4) is 0 Å². The first-order chi connectivity index (χ1) is 22.2. The van der Waals surface area contributed by atoms with Gasteiger partial charge in [0.05, 0.1) is 23.8 Å². The molecule has 2 N–H and O–H groups in total. The summed E-state index contributed by atoms with van der Waals surface area (Å²) in [5.74, 6) is -0.506. The summed E-state index contributed by atoms with van der Waals surface area (Å²) in [5, 5.41) is 14.8. The van der Waals surface area contributed by atoms with E-state index in [0.717, 1.165) is 12.1 Å². The molecule has 2 atom stereocenters. The molecular formula is C32H28F2N6O5S. The monoisotopic (exact) mass is 646 g/mol. The highest BCUT2D eigenvalue weighted by Gasteiger charge is 2.42. The quantitative estimate of drug-likeness (QED) is 0.281. The second kappa shape index (κ2) is 12.7. The number of aromatic nitrogens is 1. The zero-order chi connectivity index (χ0) is 32.5. The summed E-state index contributed by atoms with van der Waals surface area (Å²) in [5.41, 5.74) is 1.25. The van der Waals surface area contributed by atoms with E-state index in [2.05, 4.69) is 21.1 Å². The molecule has 3 aromatic rings. The van der Waals surface area contributed by atoms with Crippen molar-refractivity contribution in [2.45, 2.75) is 19.0 Å². The Bertz CT molecular complexity index is 1820. The number of piperazine rings is 1. The number of carboxylic acid groups (broad SMARTS) is 1. The summed E-state index contributed by atoms with van der Waals surface area (Å²) in [7, 11) is 0. The van der Waals surface area contributed by atoms with Crippen LogP contribution < -0.4 is 10.2 Å². The van der Waals surface area contributed by atoms with Gasteiger partial charge in [-0.15, -0.1) is 17.8 Å². The number of aliphatic imine (C=N–C) groups is 1. The molecule has 3 aliphatic rings. The molecule has 1 aromatic heterocycles. The van der Waals surface area contributed by atoms with Gasteiger partial charge in [0, 0.05) is 61.2 Å². The van der Waals surface area contributed by atoms with E-state index in [9.17, 15) is 28.3 Å². The van der Waals surface area contributed by atoms with Crippen LogP contribution in [0.5, 0.6) is 0 Å². The summed E-state index contributed by atoms with van der Waals surface area (Å²) in [6.07, 6.45) is 7.38. The number of thiazole rings is 1. The lowest BCUT2D eigenvalue weighted by Gasteiger charge is -2.38. The van der Waals surface area contributed by atoms with Gasteiger partial charge >= 0.3 is 18.0 Å². The Hall–Kier alpha value is -5.13. The van der Waals surface area contributed by atoms with Crippen molar-refractivity contribution < 1.29 is 33.0 Å². The Morgan fingerprint density at radius 2 is 2.02 bits per heavy atom. The third kappa shape index (κ3) is 5.82. The van der Waals surface area contributed by atoms with Crippen LogP contribution in [0.15, 0.2) is 64.2 Å². The Labute approximate surface area is 266 Å². The highest BCUT2D eigenvalue weighted by molar-refractivity contribution is 7.11. The van der Waals surface area contributed by atoms with Gasteiger partial charge in [-0.25, -0.2) is 28.1 Å². The first-order valence-electron chi connectivity index (χ1n) is 14.4. The van der Waals surface area contributed by atoms with Crippen molar-refractivity contribution in [1.29, 1.82) is 0 Å². The van der Waals surface area contributed by atoms with E-state index in [-0.39, 0.29) is 48.6 Å². The molecule has 14 heteroatoms. The topological polar surface area (TPSA) is 128 Å². The fraction of sp³-hybridized carbons (Fsp3) is 0.281. The van der Waals surface area contributed by atoms with Crippen LogP contribution in [-0.2, 0) is 9.53 Å². The summed E-state index contributed by atoms with van der Waals surface area (Å²) >= 11 is 1.36. The second-order valence-electron chi connectivity index (χ2n) is 10.8. The molecule has 0 radical (unpaired) electrons. The average molecular weight is 647 g/mol. The van der Waals surface area contributed by atoms with Gasteiger partial charge in [0.25, 0.3) is 0 Å². The largest absolute Gasteiger partial charge is 0.478 e. The summed E-state index contributed by atoms with van der Waals surface area (Å²) < 4.78 is 34.1. The number of anilines is 1. The zero-order valence-corrected chi connectivity index (χ0v) is 25.4.